The van der Waals surface area contributed by atoms with Gasteiger partial charge in [0.25, 0.3) is 0 Å². The fourth-order valence-corrected chi connectivity index (χ4v) is 2.51. The van der Waals surface area contributed by atoms with E-state index in [0.717, 1.165) is 25.8 Å². The van der Waals surface area contributed by atoms with Gasteiger partial charge in [-0.1, -0.05) is 0 Å². The van der Waals surface area contributed by atoms with Crippen LogP contribution in [0.4, 0.5) is 0 Å². The van der Waals surface area contributed by atoms with E-state index >= 15 is 0 Å². The Hall–Kier alpha value is -1.10. The van der Waals surface area contributed by atoms with Gasteiger partial charge in [-0.3, -0.25) is 9.59 Å². The number of likely N-dealkylation sites (tertiary alicyclic amines) is 1. The summed E-state index contributed by atoms with van der Waals surface area (Å²) in [7, 11) is 0. The molecule has 1 aliphatic heterocycles. The zero-order valence-electron chi connectivity index (χ0n) is 11.4. The number of amides is 2. The summed E-state index contributed by atoms with van der Waals surface area (Å²) in [6, 6.07) is 0. The Balaban J connectivity index is 1.64. The third-order valence-electron chi connectivity index (χ3n) is 3.89. The lowest BCUT2D eigenvalue weighted by atomic mass is 10.1. The van der Waals surface area contributed by atoms with Gasteiger partial charge in [0.1, 0.15) is 0 Å². The molecule has 0 aromatic carbocycles. The zero-order valence-corrected chi connectivity index (χ0v) is 11.4. The molecule has 1 saturated carbocycles. The molecule has 0 spiro atoms. The number of carbonyl (C=O) groups is 2. The Morgan fingerprint density at radius 2 is 2.11 bits per heavy atom. The number of hydrogen-bond donors (Lipinski definition) is 2. The molecular weight excluding hydrogens is 244 g/mol. The van der Waals surface area contributed by atoms with Crippen LogP contribution in [0.1, 0.15) is 38.5 Å². The van der Waals surface area contributed by atoms with E-state index in [4.69, 9.17) is 5.11 Å². The summed E-state index contributed by atoms with van der Waals surface area (Å²) < 4.78 is 0. The van der Waals surface area contributed by atoms with Crippen LogP contribution in [0.2, 0.25) is 0 Å². The van der Waals surface area contributed by atoms with Gasteiger partial charge in [-0.05, 0) is 38.0 Å². The quantitative estimate of drug-likeness (QED) is 0.631. The van der Waals surface area contributed by atoms with Crippen molar-refractivity contribution in [1.29, 1.82) is 0 Å². The van der Waals surface area contributed by atoms with E-state index in [9.17, 15) is 9.59 Å². The average molecular weight is 268 g/mol. The van der Waals surface area contributed by atoms with Gasteiger partial charge in [-0.15, -0.1) is 0 Å². The average Bonchev–Trinajstić information content (AvgIpc) is 3.13. The van der Waals surface area contributed by atoms with Gasteiger partial charge in [-0.25, -0.2) is 0 Å². The number of aliphatic hydroxyl groups is 1. The molecular formula is C14H24N2O3. The first kappa shape index (κ1) is 14.3. The predicted molar refractivity (Wildman–Crippen MR) is 71.4 cm³/mol. The number of nitrogens with zero attached hydrogens (tertiary/aromatic N) is 1. The van der Waals surface area contributed by atoms with Crippen LogP contribution in [-0.4, -0.2) is 48.1 Å². The van der Waals surface area contributed by atoms with Crippen LogP contribution in [0.3, 0.4) is 0 Å². The second-order valence-corrected chi connectivity index (χ2v) is 5.72. The van der Waals surface area contributed by atoms with Crippen molar-refractivity contribution in [2.24, 2.45) is 11.8 Å². The highest BCUT2D eigenvalue weighted by molar-refractivity contribution is 5.89. The molecule has 0 bridgehead atoms. The Morgan fingerprint density at radius 1 is 1.32 bits per heavy atom. The molecule has 19 heavy (non-hydrogen) atoms. The first-order chi connectivity index (χ1) is 9.20. The number of hydrogen-bond acceptors (Lipinski definition) is 3. The molecule has 2 fully saturated rings. The van der Waals surface area contributed by atoms with Crippen molar-refractivity contribution >= 4 is 11.8 Å². The molecule has 1 aliphatic carbocycles. The molecule has 0 aromatic heterocycles. The minimum absolute atomic E-state index is 0.00986. The summed E-state index contributed by atoms with van der Waals surface area (Å²) in [5.41, 5.74) is 0. The van der Waals surface area contributed by atoms with Crippen LogP contribution in [0.15, 0.2) is 0 Å². The summed E-state index contributed by atoms with van der Waals surface area (Å²) in [5, 5.41) is 11.5. The first-order valence-electron chi connectivity index (χ1n) is 7.37. The zero-order chi connectivity index (χ0) is 13.7. The third-order valence-corrected chi connectivity index (χ3v) is 3.89. The highest BCUT2D eigenvalue weighted by Gasteiger charge is 2.36. The first-order valence-corrected chi connectivity index (χ1v) is 7.37. The number of unbranched alkanes of at least 4 members (excludes halogenated alkanes) is 2. The molecule has 5 heteroatoms. The van der Waals surface area contributed by atoms with E-state index in [-0.39, 0.29) is 24.3 Å². The van der Waals surface area contributed by atoms with Crippen LogP contribution in [0, 0.1) is 11.8 Å². The van der Waals surface area contributed by atoms with Gasteiger partial charge < -0.3 is 15.3 Å². The van der Waals surface area contributed by atoms with E-state index < -0.39 is 0 Å². The van der Waals surface area contributed by atoms with Crippen LogP contribution >= 0.6 is 0 Å². The Kier molecular flexibility index (Phi) is 5.19. The van der Waals surface area contributed by atoms with E-state index in [0.29, 0.717) is 25.4 Å². The molecule has 0 radical (unpaired) electrons. The van der Waals surface area contributed by atoms with E-state index in [1.54, 1.807) is 0 Å². The smallest absolute Gasteiger partial charge is 0.225 e. The maximum Gasteiger partial charge on any atom is 0.225 e. The van der Waals surface area contributed by atoms with Crippen LogP contribution in [-0.2, 0) is 9.59 Å². The Bertz CT molecular complexity index is 329. The summed E-state index contributed by atoms with van der Waals surface area (Å²) in [4.78, 5) is 25.6. The molecule has 1 unspecified atom stereocenters. The fourth-order valence-electron chi connectivity index (χ4n) is 2.51. The van der Waals surface area contributed by atoms with Crippen LogP contribution in [0.5, 0.6) is 0 Å². The molecule has 1 atom stereocenters. The van der Waals surface area contributed by atoms with Crippen molar-refractivity contribution in [3.63, 3.8) is 0 Å². The van der Waals surface area contributed by atoms with Gasteiger partial charge in [-0.2, -0.15) is 0 Å². The highest BCUT2D eigenvalue weighted by Crippen LogP contribution is 2.31. The maximum absolute atomic E-state index is 11.9. The van der Waals surface area contributed by atoms with Crippen LogP contribution in [0.25, 0.3) is 0 Å². The van der Waals surface area contributed by atoms with Crippen molar-refractivity contribution in [3.05, 3.63) is 0 Å². The molecule has 2 amide bonds. The largest absolute Gasteiger partial charge is 0.396 e. The van der Waals surface area contributed by atoms with E-state index in [1.165, 1.54) is 12.8 Å². The van der Waals surface area contributed by atoms with Gasteiger partial charge >= 0.3 is 0 Å². The summed E-state index contributed by atoms with van der Waals surface area (Å²) >= 11 is 0. The maximum atomic E-state index is 11.9. The normalized spacial score (nSPS) is 22.9. The van der Waals surface area contributed by atoms with Crippen molar-refractivity contribution in [1.82, 2.24) is 10.2 Å². The molecule has 108 valence electrons. The third kappa shape index (κ3) is 4.49. The summed E-state index contributed by atoms with van der Waals surface area (Å²) in [5.74, 6) is 0.663. The predicted octanol–water partition coefficient (Wildman–Crippen LogP) is 0.524. The summed E-state index contributed by atoms with van der Waals surface area (Å²) in [6.07, 6.45) is 5.42. The summed E-state index contributed by atoms with van der Waals surface area (Å²) in [6.45, 7) is 2.30. The van der Waals surface area contributed by atoms with Crippen molar-refractivity contribution < 1.29 is 14.7 Å². The number of nitrogens with one attached hydrogen (secondary N) is 1. The second-order valence-electron chi connectivity index (χ2n) is 5.72. The second kappa shape index (κ2) is 6.89. The monoisotopic (exact) mass is 268 g/mol. The number of carbonyl (C=O) groups excluding carboxylic acids is 2. The molecule has 2 N–H and O–H groups in total. The van der Waals surface area contributed by atoms with Crippen molar-refractivity contribution in [3.8, 4) is 0 Å². The van der Waals surface area contributed by atoms with Crippen molar-refractivity contribution in [2.45, 2.75) is 38.5 Å². The standard InChI is InChI=1S/C14H24N2O3/c17-7-3-1-2-6-15-14(19)12-8-13(18)16(10-12)9-11-4-5-11/h11-12,17H,1-10H2,(H,15,19). The van der Waals surface area contributed by atoms with Gasteiger partial charge in [0, 0.05) is 32.7 Å². The van der Waals surface area contributed by atoms with E-state index in [1.807, 2.05) is 4.90 Å². The number of rotatable bonds is 8. The highest BCUT2D eigenvalue weighted by atomic mass is 16.3. The minimum Gasteiger partial charge on any atom is -0.396 e. The van der Waals surface area contributed by atoms with Gasteiger partial charge in [0.15, 0.2) is 0 Å². The Labute approximate surface area is 114 Å². The van der Waals surface area contributed by atoms with Gasteiger partial charge in [0.2, 0.25) is 11.8 Å². The topological polar surface area (TPSA) is 69.6 Å². The molecule has 2 rings (SSSR count). The Morgan fingerprint density at radius 3 is 2.79 bits per heavy atom. The molecule has 0 aromatic rings. The minimum atomic E-state index is -0.163. The lowest BCUT2D eigenvalue weighted by Crippen LogP contribution is -2.34. The number of aliphatic hydroxyl groups excluding tert-OH is 1. The molecule has 1 saturated heterocycles. The lowest BCUT2D eigenvalue weighted by molar-refractivity contribution is -0.129. The lowest BCUT2D eigenvalue weighted by Gasteiger charge is -2.15. The van der Waals surface area contributed by atoms with Crippen molar-refractivity contribution in [2.75, 3.05) is 26.2 Å². The van der Waals surface area contributed by atoms with Gasteiger partial charge in [0.05, 0.1) is 5.92 Å². The molecule has 1 heterocycles. The van der Waals surface area contributed by atoms with E-state index in [2.05, 4.69) is 5.32 Å². The SMILES string of the molecule is O=C(NCCCCCO)C1CC(=O)N(CC2CC2)C1. The fraction of sp³-hybridized carbons (Fsp3) is 0.857. The molecule has 5 nitrogen and oxygen atoms in total. The van der Waals surface area contributed by atoms with Crippen LogP contribution < -0.4 is 5.32 Å². The molecule has 2 aliphatic rings.